The van der Waals surface area contributed by atoms with Crippen molar-refractivity contribution in [2.75, 3.05) is 10.6 Å². The van der Waals surface area contributed by atoms with E-state index in [2.05, 4.69) is 10.6 Å². The van der Waals surface area contributed by atoms with Gasteiger partial charge in [-0.3, -0.25) is 0 Å². The lowest BCUT2D eigenvalue weighted by molar-refractivity contribution is -0.137. The summed E-state index contributed by atoms with van der Waals surface area (Å²) in [6, 6.07) is 20.6. The van der Waals surface area contributed by atoms with Crippen LogP contribution < -0.4 is 10.6 Å². The molecule has 0 aromatic heterocycles. The lowest BCUT2D eigenvalue weighted by atomic mass is 10.2. The van der Waals surface area contributed by atoms with Crippen LogP contribution in [0.4, 0.5) is 29.3 Å². The van der Waals surface area contributed by atoms with Gasteiger partial charge in [-0.1, -0.05) is 48.2 Å². The van der Waals surface area contributed by atoms with E-state index in [1.165, 1.54) is 17.8 Å². The predicted octanol–water partition coefficient (Wildman–Crippen LogP) is 6.50. The largest absolute Gasteiger partial charge is 0.416 e. The van der Waals surface area contributed by atoms with Crippen LogP contribution in [0.2, 0.25) is 0 Å². The van der Waals surface area contributed by atoms with Crippen LogP contribution in [0.1, 0.15) is 5.56 Å². The van der Waals surface area contributed by atoms with E-state index < -0.39 is 17.8 Å². The van der Waals surface area contributed by atoms with Gasteiger partial charge in [0.25, 0.3) is 0 Å². The Bertz CT molecular complexity index is 916. The highest BCUT2D eigenvalue weighted by Gasteiger charge is 2.31. The highest BCUT2D eigenvalue weighted by Crippen LogP contribution is 2.38. The maximum Gasteiger partial charge on any atom is 0.416 e. The van der Waals surface area contributed by atoms with Crippen molar-refractivity contribution in [1.82, 2.24) is 0 Å². The van der Waals surface area contributed by atoms with Crippen molar-refractivity contribution in [3.05, 3.63) is 84.4 Å². The van der Waals surface area contributed by atoms with E-state index in [4.69, 9.17) is 0 Å². The summed E-state index contributed by atoms with van der Waals surface area (Å²) in [5.41, 5.74) is -0.193. The fourth-order valence-corrected chi connectivity index (χ4v) is 3.22. The number of amides is 2. The van der Waals surface area contributed by atoms with Crippen molar-refractivity contribution in [3.63, 3.8) is 0 Å². The molecule has 0 radical (unpaired) electrons. The molecule has 0 aliphatic carbocycles. The molecule has 7 heteroatoms. The third-order valence-electron chi connectivity index (χ3n) is 3.56. The van der Waals surface area contributed by atoms with E-state index in [1.807, 2.05) is 30.3 Å². The average Bonchev–Trinajstić information content (AvgIpc) is 2.64. The highest BCUT2D eigenvalue weighted by atomic mass is 32.2. The Labute approximate surface area is 158 Å². The molecule has 3 rings (SSSR count). The standard InChI is InChI=1S/C20H15F3N2OS/c21-20(22,23)14-11-12-18(27-16-9-5-2-6-10-16)17(13-14)25-19(26)24-15-7-3-1-4-8-15/h1-13H,(H2,24,25,26). The molecule has 0 saturated carbocycles. The Balaban J connectivity index is 1.86. The van der Waals surface area contributed by atoms with Crippen molar-refractivity contribution in [2.45, 2.75) is 16.0 Å². The first kappa shape index (κ1) is 18.8. The molecule has 0 atom stereocenters. The summed E-state index contributed by atoms with van der Waals surface area (Å²) in [4.78, 5) is 13.6. The summed E-state index contributed by atoms with van der Waals surface area (Å²) in [6.07, 6.45) is -4.50. The number of hydrogen-bond donors (Lipinski definition) is 2. The van der Waals surface area contributed by atoms with Crippen molar-refractivity contribution in [1.29, 1.82) is 0 Å². The van der Waals surface area contributed by atoms with Crippen molar-refractivity contribution in [3.8, 4) is 0 Å². The van der Waals surface area contributed by atoms with Crippen LogP contribution in [0.25, 0.3) is 0 Å². The Morgan fingerprint density at radius 1 is 0.815 bits per heavy atom. The second kappa shape index (κ2) is 8.18. The maximum atomic E-state index is 13.1. The zero-order valence-corrected chi connectivity index (χ0v) is 14.8. The van der Waals surface area contributed by atoms with Crippen molar-refractivity contribution >= 4 is 29.2 Å². The minimum absolute atomic E-state index is 0.0899. The Morgan fingerprint density at radius 2 is 1.44 bits per heavy atom. The molecule has 3 nitrogen and oxygen atoms in total. The molecule has 0 fully saturated rings. The van der Waals surface area contributed by atoms with Gasteiger partial charge in [-0.25, -0.2) is 4.79 Å². The second-order valence-electron chi connectivity index (χ2n) is 5.57. The van der Waals surface area contributed by atoms with Gasteiger partial charge in [0, 0.05) is 15.5 Å². The quantitative estimate of drug-likeness (QED) is 0.536. The lowest BCUT2D eigenvalue weighted by Crippen LogP contribution is -2.20. The third kappa shape index (κ3) is 5.27. The molecule has 2 amide bonds. The Morgan fingerprint density at radius 3 is 2.07 bits per heavy atom. The van der Waals surface area contributed by atoms with Gasteiger partial charge in [-0.2, -0.15) is 13.2 Å². The number of nitrogens with one attached hydrogen (secondary N) is 2. The maximum absolute atomic E-state index is 13.1. The lowest BCUT2D eigenvalue weighted by Gasteiger charge is -2.15. The van der Waals surface area contributed by atoms with Gasteiger partial charge >= 0.3 is 12.2 Å². The SMILES string of the molecule is O=C(Nc1ccccc1)Nc1cc(C(F)(F)F)ccc1Sc1ccccc1. The summed E-state index contributed by atoms with van der Waals surface area (Å²) < 4.78 is 39.2. The number of urea groups is 1. The van der Waals surface area contributed by atoms with Crippen LogP contribution >= 0.6 is 11.8 Å². The molecule has 3 aromatic rings. The fourth-order valence-electron chi connectivity index (χ4n) is 2.31. The first-order valence-electron chi connectivity index (χ1n) is 7.99. The topological polar surface area (TPSA) is 41.1 Å². The second-order valence-corrected chi connectivity index (χ2v) is 6.68. The van der Waals surface area contributed by atoms with E-state index >= 15 is 0 Å². The zero-order chi connectivity index (χ0) is 19.3. The van der Waals surface area contributed by atoms with Crippen LogP contribution in [-0.4, -0.2) is 6.03 Å². The molecule has 0 heterocycles. The summed E-state index contributed by atoms with van der Waals surface area (Å²) >= 11 is 1.27. The summed E-state index contributed by atoms with van der Waals surface area (Å²) in [5, 5.41) is 5.12. The third-order valence-corrected chi connectivity index (χ3v) is 4.64. The summed E-state index contributed by atoms with van der Waals surface area (Å²) in [7, 11) is 0. The van der Waals surface area contributed by atoms with Gasteiger partial charge < -0.3 is 10.6 Å². The van der Waals surface area contributed by atoms with Crippen LogP contribution in [0.3, 0.4) is 0 Å². The van der Waals surface area contributed by atoms with Crippen LogP contribution in [0.15, 0.2) is 88.7 Å². The number of benzene rings is 3. The van der Waals surface area contributed by atoms with E-state index in [9.17, 15) is 18.0 Å². The number of anilines is 2. The Kier molecular flexibility index (Phi) is 5.71. The molecule has 0 saturated heterocycles. The molecule has 0 aliphatic heterocycles. The number of alkyl halides is 3. The van der Waals surface area contributed by atoms with Gasteiger partial charge in [0.1, 0.15) is 0 Å². The molecule has 0 aliphatic rings. The Hall–Kier alpha value is -2.93. The van der Waals surface area contributed by atoms with Gasteiger partial charge in [0.05, 0.1) is 11.3 Å². The molecule has 0 spiro atoms. The van der Waals surface area contributed by atoms with Crippen LogP contribution in [0, 0.1) is 0 Å². The average molecular weight is 388 g/mol. The molecule has 0 unspecified atom stereocenters. The predicted molar refractivity (Wildman–Crippen MR) is 101 cm³/mol. The summed E-state index contributed by atoms with van der Waals surface area (Å²) in [6.45, 7) is 0. The van der Waals surface area contributed by atoms with Crippen molar-refractivity contribution in [2.24, 2.45) is 0 Å². The molecule has 138 valence electrons. The zero-order valence-electron chi connectivity index (χ0n) is 14.0. The van der Waals surface area contributed by atoms with Gasteiger partial charge in [0.15, 0.2) is 0 Å². The minimum atomic E-state index is -4.50. The smallest absolute Gasteiger partial charge is 0.308 e. The van der Waals surface area contributed by atoms with Gasteiger partial charge in [-0.15, -0.1) is 0 Å². The number of rotatable bonds is 4. The molecule has 3 aromatic carbocycles. The minimum Gasteiger partial charge on any atom is -0.308 e. The van der Waals surface area contributed by atoms with E-state index in [-0.39, 0.29) is 5.69 Å². The number of carbonyl (C=O) groups excluding carboxylic acids is 1. The normalized spacial score (nSPS) is 11.1. The van der Waals surface area contributed by atoms with Gasteiger partial charge in [-0.05, 0) is 42.5 Å². The molecule has 2 N–H and O–H groups in total. The molecule has 0 bridgehead atoms. The van der Waals surface area contributed by atoms with Gasteiger partial charge in [0.2, 0.25) is 0 Å². The number of para-hydroxylation sites is 1. The summed E-state index contributed by atoms with van der Waals surface area (Å²) in [5.74, 6) is 0. The first-order chi connectivity index (χ1) is 12.9. The number of halogens is 3. The van der Waals surface area contributed by atoms with E-state index in [0.29, 0.717) is 10.6 Å². The molecular weight excluding hydrogens is 373 g/mol. The van der Waals surface area contributed by atoms with E-state index in [1.54, 1.807) is 30.3 Å². The number of carbonyl (C=O) groups is 1. The highest BCUT2D eigenvalue weighted by molar-refractivity contribution is 7.99. The van der Waals surface area contributed by atoms with E-state index in [0.717, 1.165) is 17.0 Å². The van der Waals surface area contributed by atoms with Crippen molar-refractivity contribution < 1.29 is 18.0 Å². The molecular formula is C20H15F3N2OS. The number of hydrogen-bond acceptors (Lipinski definition) is 2. The van der Waals surface area contributed by atoms with Crippen LogP contribution in [-0.2, 0) is 6.18 Å². The fraction of sp³-hybridized carbons (Fsp3) is 0.0500. The first-order valence-corrected chi connectivity index (χ1v) is 8.81. The molecule has 27 heavy (non-hydrogen) atoms. The monoisotopic (exact) mass is 388 g/mol. The van der Waals surface area contributed by atoms with Crippen LogP contribution in [0.5, 0.6) is 0 Å².